The summed E-state index contributed by atoms with van der Waals surface area (Å²) in [7, 11) is 5.23. The van der Waals surface area contributed by atoms with Gasteiger partial charge in [0, 0.05) is 5.69 Å². The van der Waals surface area contributed by atoms with E-state index >= 15 is 0 Å². The molecule has 3 heteroatoms. The zero-order valence-corrected chi connectivity index (χ0v) is 7.69. The molecule has 2 N–H and O–H groups in total. The minimum absolute atomic E-state index is 0.100. The van der Waals surface area contributed by atoms with E-state index in [2.05, 4.69) is 0 Å². The number of hydrogen-bond acceptors (Lipinski definition) is 1. The molecule has 0 aliphatic rings. The van der Waals surface area contributed by atoms with Crippen molar-refractivity contribution >= 4 is 19.0 Å². The quantitative estimate of drug-likeness (QED) is 0.457. The fourth-order valence-electron chi connectivity index (χ4n) is 0.707. The summed E-state index contributed by atoms with van der Waals surface area (Å²) in [6.07, 6.45) is 0. The second kappa shape index (κ2) is 4.80. The van der Waals surface area contributed by atoms with Crippen molar-refractivity contribution in [1.82, 2.24) is 0 Å². The number of benzene rings is 1. The molecule has 1 rings (SSSR count). The summed E-state index contributed by atoms with van der Waals surface area (Å²) in [6.45, 7) is 5.73. The molecule has 0 bridgehead atoms. The van der Waals surface area contributed by atoms with Crippen molar-refractivity contribution in [3.63, 3.8) is 0 Å². The summed E-state index contributed by atoms with van der Waals surface area (Å²) in [6, 6.07) is 2.75. The van der Waals surface area contributed by atoms with Gasteiger partial charge in [0.05, 0.1) is 0 Å². The Labute approximate surface area is 74.2 Å². The number of nitrogen functional groups attached to an aromatic ring is 1. The van der Waals surface area contributed by atoms with Gasteiger partial charge in [-0.2, -0.15) is 0 Å². The van der Waals surface area contributed by atoms with E-state index in [1.54, 1.807) is 6.92 Å². The Kier molecular flexibility index (Phi) is 4.41. The number of halogens is 1. The molecule has 0 saturated carbocycles. The van der Waals surface area contributed by atoms with Crippen LogP contribution in [0.1, 0.15) is 19.4 Å². The van der Waals surface area contributed by atoms with Gasteiger partial charge in [-0.1, -0.05) is 19.3 Å². The van der Waals surface area contributed by atoms with Gasteiger partial charge in [-0.15, -0.1) is 0 Å². The van der Waals surface area contributed by atoms with E-state index in [4.69, 9.17) is 13.6 Å². The third-order valence-corrected chi connectivity index (χ3v) is 1.39. The smallest absolute Gasteiger partial charge is 0.118 e. The molecular formula is C9H13BFN. The van der Waals surface area contributed by atoms with Crippen molar-refractivity contribution < 1.29 is 4.39 Å². The molecule has 12 heavy (non-hydrogen) atoms. The van der Waals surface area contributed by atoms with Crippen LogP contribution in [0.3, 0.4) is 0 Å². The Morgan fingerprint density at radius 2 is 1.83 bits per heavy atom. The van der Waals surface area contributed by atoms with Crippen LogP contribution in [-0.4, -0.2) is 7.85 Å². The Morgan fingerprint density at radius 1 is 1.33 bits per heavy atom. The second-order valence-electron chi connectivity index (χ2n) is 2.23. The molecule has 0 spiro atoms. The van der Waals surface area contributed by atoms with E-state index in [-0.39, 0.29) is 5.46 Å². The lowest BCUT2D eigenvalue weighted by atomic mass is 9.94. The highest BCUT2D eigenvalue weighted by molar-refractivity contribution is 6.32. The van der Waals surface area contributed by atoms with Crippen molar-refractivity contribution in [3.05, 3.63) is 23.5 Å². The summed E-state index contributed by atoms with van der Waals surface area (Å²) in [4.78, 5) is 0. The molecule has 64 valence electrons. The Bertz CT molecular complexity index is 211. The number of aryl methyl sites for hydroxylation is 1. The topological polar surface area (TPSA) is 26.0 Å². The normalized spacial score (nSPS) is 8.67. The molecular weight excluding hydrogens is 152 g/mol. The lowest BCUT2D eigenvalue weighted by Gasteiger charge is -2.01. The maximum Gasteiger partial charge on any atom is 0.118 e. The fraction of sp³-hybridized carbons (Fsp3) is 0.333. The van der Waals surface area contributed by atoms with Gasteiger partial charge in [0.15, 0.2) is 0 Å². The molecule has 0 aliphatic heterocycles. The Hall–Kier alpha value is -0.985. The third-order valence-electron chi connectivity index (χ3n) is 1.39. The fourth-order valence-corrected chi connectivity index (χ4v) is 0.707. The van der Waals surface area contributed by atoms with Crippen LogP contribution in [0.25, 0.3) is 0 Å². The van der Waals surface area contributed by atoms with E-state index < -0.39 is 5.82 Å². The lowest BCUT2D eigenvalue weighted by molar-refractivity contribution is 0.635. The average Bonchev–Trinajstić information content (AvgIpc) is 2.05. The van der Waals surface area contributed by atoms with E-state index in [1.165, 1.54) is 12.1 Å². The van der Waals surface area contributed by atoms with Crippen molar-refractivity contribution in [2.45, 2.75) is 20.8 Å². The van der Waals surface area contributed by atoms with Gasteiger partial charge in [-0.3, -0.25) is 0 Å². The van der Waals surface area contributed by atoms with Crippen molar-refractivity contribution in [2.75, 3.05) is 5.73 Å². The first-order chi connectivity index (χ1) is 5.61. The molecule has 1 aromatic carbocycles. The zero-order chi connectivity index (χ0) is 9.72. The first-order valence-corrected chi connectivity index (χ1v) is 3.92. The van der Waals surface area contributed by atoms with Crippen molar-refractivity contribution in [1.29, 1.82) is 0 Å². The summed E-state index contributed by atoms with van der Waals surface area (Å²) in [5, 5.41) is 0. The number of anilines is 1. The van der Waals surface area contributed by atoms with Crippen LogP contribution in [0, 0.1) is 12.7 Å². The first kappa shape index (κ1) is 11.0. The van der Waals surface area contributed by atoms with E-state index in [9.17, 15) is 4.39 Å². The van der Waals surface area contributed by atoms with Gasteiger partial charge in [-0.05, 0) is 24.6 Å². The van der Waals surface area contributed by atoms with Crippen LogP contribution >= 0.6 is 0 Å². The minimum atomic E-state index is -0.410. The molecule has 2 radical (unpaired) electrons. The molecule has 0 unspecified atom stereocenters. The van der Waals surface area contributed by atoms with E-state index in [0.717, 1.165) is 0 Å². The second-order valence-corrected chi connectivity index (χ2v) is 2.23. The molecule has 0 aliphatic carbocycles. The summed E-state index contributed by atoms with van der Waals surface area (Å²) in [5.74, 6) is -0.410. The highest BCUT2D eigenvalue weighted by Gasteiger charge is 1.98. The molecule has 0 amide bonds. The molecule has 0 heterocycles. The predicted octanol–water partition coefficient (Wildman–Crippen LogP) is 1.54. The van der Waals surface area contributed by atoms with Crippen LogP contribution in [-0.2, 0) is 0 Å². The zero-order valence-electron chi connectivity index (χ0n) is 7.69. The maximum atomic E-state index is 12.6. The van der Waals surface area contributed by atoms with Gasteiger partial charge < -0.3 is 5.73 Å². The SMILES string of the molecule is CC.[B]c1cc(N)c(C)cc1F. The predicted molar refractivity (Wildman–Crippen MR) is 52.3 cm³/mol. The summed E-state index contributed by atoms with van der Waals surface area (Å²) in [5.41, 5.74) is 6.78. The highest BCUT2D eigenvalue weighted by Crippen LogP contribution is 2.08. The van der Waals surface area contributed by atoms with Crippen LogP contribution in [0.4, 0.5) is 10.1 Å². The van der Waals surface area contributed by atoms with Crippen LogP contribution < -0.4 is 11.2 Å². The molecule has 0 atom stereocenters. The van der Waals surface area contributed by atoms with Crippen LogP contribution in [0.5, 0.6) is 0 Å². The van der Waals surface area contributed by atoms with Gasteiger partial charge in [0.1, 0.15) is 13.7 Å². The van der Waals surface area contributed by atoms with Crippen molar-refractivity contribution in [3.8, 4) is 0 Å². The largest absolute Gasteiger partial charge is 0.399 e. The standard InChI is InChI=1S/C7H7BFN.C2H6/c1-4-2-6(9)5(8)3-7(4)10;1-2/h2-3H,10H2,1H3;1-2H3. The molecule has 0 aromatic heterocycles. The van der Waals surface area contributed by atoms with Gasteiger partial charge >= 0.3 is 0 Å². The lowest BCUT2D eigenvalue weighted by Crippen LogP contribution is -2.10. The minimum Gasteiger partial charge on any atom is -0.399 e. The van der Waals surface area contributed by atoms with E-state index in [0.29, 0.717) is 11.3 Å². The monoisotopic (exact) mass is 165 g/mol. The third kappa shape index (κ3) is 2.57. The number of nitrogens with two attached hydrogens (primary N) is 1. The summed E-state index contributed by atoms with van der Waals surface area (Å²) < 4.78 is 12.6. The molecule has 1 nitrogen and oxygen atoms in total. The van der Waals surface area contributed by atoms with Crippen molar-refractivity contribution in [2.24, 2.45) is 0 Å². The Morgan fingerprint density at radius 3 is 2.25 bits per heavy atom. The first-order valence-electron chi connectivity index (χ1n) is 3.92. The molecule has 1 aromatic rings. The average molecular weight is 165 g/mol. The molecule has 0 fully saturated rings. The Balaban J connectivity index is 0.000000561. The van der Waals surface area contributed by atoms with Gasteiger partial charge in [0.2, 0.25) is 0 Å². The van der Waals surface area contributed by atoms with Crippen LogP contribution in [0.15, 0.2) is 12.1 Å². The van der Waals surface area contributed by atoms with E-state index in [1.807, 2.05) is 13.8 Å². The van der Waals surface area contributed by atoms with Crippen LogP contribution in [0.2, 0.25) is 0 Å². The maximum absolute atomic E-state index is 12.6. The van der Waals surface area contributed by atoms with Gasteiger partial charge in [-0.25, -0.2) is 4.39 Å². The molecule has 0 saturated heterocycles. The van der Waals surface area contributed by atoms with Gasteiger partial charge in [0.25, 0.3) is 0 Å². The number of hydrogen-bond donors (Lipinski definition) is 1. The highest BCUT2D eigenvalue weighted by atomic mass is 19.1. The number of rotatable bonds is 0. The summed E-state index contributed by atoms with van der Waals surface area (Å²) >= 11 is 0.